The van der Waals surface area contributed by atoms with Crippen molar-refractivity contribution >= 4 is 0 Å². The summed E-state index contributed by atoms with van der Waals surface area (Å²) < 4.78 is 0. The summed E-state index contributed by atoms with van der Waals surface area (Å²) >= 11 is 0. The maximum absolute atomic E-state index is 4.20. The van der Waals surface area contributed by atoms with Crippen molar-refractivity contribution in [3.63, 3.8) is 0 Å². The molecule has 0 radical (unpaired) electrons. The van der Waals surface area contributed by atoms with Crippen molar-refractivity contribution < 1.29 is 0 Å². The molecule has 0 aromatic carbocycles. The van der Waals surface area contributed by atoms with Gasteiger partial charge in [0.15, 0.2) is 0 Å². The van der Waals surface area contributed by atoms with Crippen LogP contribution in [0.1, 0.15) is 53.4 Å². The fourth-order valence-corrected chi connectivity index (χ4v) is 3.05. The number of nitrogens with one attached hydrogen (secondary N) is 1. The Morgan fingerprint density at radius 3 is 2.35 bits per heavy atom. The molecule has 2 heteroatoms. The molecule has 0 amide bonds. The topological polar surface area (TPSA) is 15.3 Å². The second-order valence-corrected chi connectivity index (χ2v) is 5.64. The minimum absolute atomic E-state index is 0.234. The van der Waals surface area contributed by atoms with Gasteiger partial charge < -0.3 is 5.32 Å². The van der Waals surface area contributed by atoms with E-state index >= 15 is 0 Å². The van der Waals surface area contributed by atoms with Gasteiger partial charge in [-0.2, -0.15) is 0 Å². The van der Waals surface area contributed by atoms with Crippen molar-refractivity contribution in [2.24, 2.45) is 0 Å². The Bertz CT molecular complexity index is 243. The van der Waals surface area contributed by atoms with E-state index in [-0.39, 0.29) is 5.54 Å². The highest BCUT2D eigenvalue weighted by Crippen LogP contribution is 2.30. The fourth-order valence-electron chi connectivity index (χ4n) is 3.05. The molecule has 17 heavy (non-hydrogen) atoms. The lowest BCUT2D eigenvalue weighted by Crippen LogP contribution is -2.59. The van der Waals surface area contributed by atoms with Gasteiger partial charge in [-0.1, -0.05) is 26.0 Å². The van der Waals surface area contributed by atoms with Crippen LogP contribution in [-0.2, 0) is 0 Å². The van der Waals surface area contributed by atoms with E-state index in [2.05, 4.69) is 44.5 Å². The number of likely N-dealkylation sites (tertiary alicyclic amines) is 1. The quantitative estimate of drug-likeness (QED) is 0.685. The summed E-state index contributed by atoms with van der Waals surface area (Å²) in [6.07, 6.45) is 5.07. The highest BCUT2D eigenvalue weighted by atomic mass is 15.2. The Morgan fingerprint density at radius 2 is 1.94 bits per heavy atom. The van der Waals surface area contributed by atoms with Crippen LogP contribution in [0.3, 0.4) is 0 Å². The van der Waals surface area contributed by atoms with E-state index in [0.29, 0.717) is 6.04 Å². The van der Waals surface area contributed by atoms with E-state index < -0.39 is 0 Å². The Kier molecular flexibility index (Phi) is 5.68. The first kappa shape index (κ1) is 14.7. The third kappa shape index (κ3) is 3.32. The van der Waals surface area contributed by atoms with Crippen LogP contribution >= 0.6 is 0 Å². The normalized spacial score (nSPS) is 22.4. The molecule has 2 atom stereocenters. The van der Waals surface area contributed by atoms with Crippen LogP contribution in [-0.4, -0.2) is 36.1 Å². The van der Waals surface area contributed by atoms with Gasteiger partial charge in [0.1, 0.15) is 0 Å². The lowest BCUT2D eigenvalue weighted by Gasteiger charge is -2.45. The summed E-state index contributed by atoms with van der Waals surface area (Å²) in [5, 5.41) is 3.70. The molecule has 0 spiro atoms. The van der Waals surface area contributed by atoms with Crippen molar-refractivity contribution in [1.29, 1.82) is 0 Å². The van der Waals surface area contributed by atoms with Gasteiger partial charge in [0.25, 0.3) is 0 Å². The van der Waals surface area contributed by atoms with E-state index in [9.17, 15) is 0 Å². The molecule has 0 aliphatic carbocycles. The summed E-state index contributed by atoms with van der Waals surface area (Å²) in [4.78, 5) is 2.66. The van der Waals surface area contributed by atoms with E-state index in [0.717, 1.165) is 6.54 Å². The van der Waals surface area contributed by atoms with E-state index in [4.69, 9.17) is 0 Å². The third-order valence-electron chi connectivity index (χ3n) is 4.26. The molecule has 0 bridgehead atoms. The number of hydrogen-bond donors (Lipinski definition) is 1. The van der Waals surface area contributed by atoms with Gasteiger partial charge >= 0.3 is 0 Å². The molecule has 1 fully saturated rings. The largest absolute Gasteiger partial charge is 0.309 e. The molecule has 0 aromatic rings. The summed E-state index contributed by atoms with van der Waals surface area (Å²) in [5.74, 6) is 0. The van der Waals surface area contributed by atoms with Crippen LogP contribution in [0.25, 0.3) is 0 Å². The fraction of sp³-hybridized carbons (Fsp3) is 0.867. The standard InChI is InChI=1S/C15H30N2/c1-6-10-16-14(13(3)4)15(5,7-2)17-11-8-9-12-17/h14,16H,3,6-12H2,1-2,4-5H3. The van der Waals surface area contributed by atoms with Crippen molar-refractivity contribution in [3.8, 4) is 0 Å². The zero-order chi connectivity index (χ0) is 12.9. The predicted molar refractivity (Wildman–Crippen MR) is 76.4 cm³/mol. The zero-order valence-electron chi connectivity index (χ0n) is 12.2. The zero-order valence-corrected chi connectivity index (χ0v) is 12.2. The van der Waals surface area contributed by atoms with Gasteiger partial charge in [0.2, 0.25) is 0 Å². The number of hydrogen-bond acceptors (Lipinski definition) is 2. The highest BCUT2D eigenvalue weighted by molar-refractivity contribution is 5.14. The van der Waals surface area contributed by atoms with Crippen molar-refractivity contribution in [2.75, 3.05) is 19.6 Å². The molecule has 1 aliphatic heterocycles. The molecule has 0 aromatic heterocycles. The van der Waals surface area contributed by atoms with Gasteiger partial charge in [-0.25, -0.2) is 0 Å². The Balaban J connectivity index is 2.81. The number of rotatable bonds is 7. The van der Waals surface area contributed by atoms with Crippen molar-refractivity contribution in [2.45, 2.75) is 65.0 Å². The summed E-state index contributed by atoms with van der Waals surface area (Å²) in [6, 6.07) is 0.422. The molecular formula is C15H30N2. The van der Waals surface area contributed by atoms with Crippen LogP contribution < -0.4 is 5.32 Å². The van der Waals surface area contributed by atoms with E-state index in [1.54, 1.807) is 0 Å². The van der Waals surface area contributed by atoms with Gasteiger partial charge in [-0.15, -0.1) is 0 Å². The first-order valence-electron chi connectivity index (χ1n) is 7.20. The van der Waals surface area contributed by atoms with Crippen LogP contribution in [0.2, 0.25) is 0 Å². The predicted octanol–water partition coefficient (Wildman–Crippen LogP) is 3.20. The SMILES string of the molecule is C=C(C)C(NCCC)C(C)(CC)N1CCCC1. The van der Waals surface area contributed by atoms with Gasteiger partial charge in [-0.3, -0.25) is 4.90 Å². The summed E-state index contributed by atoms with van der Waals surface area (Å²) in [5.41, 5.74) is 1.51. The minimum atomic E-state index is 0.234. The second-order valence-electron chi connectivity index (χ2n) is 5.64. The van der Waals surface area contributed by atoms with Crippen LogP contribution in [0.5, 0.6) is 0 Å². The minimum Gasteiger partial charge on any atom is -0.309 e. The van der Waals surface area contributed by atoms with Crippen LogP contribution in [0.4, 0.5) is 0 Å². The van der Waals surface area contributed by atoms with Crippen molar-refractivity contribution in [1.82, 2.24) is 10.2 Å². The van der Waals surface area contributed by atoms with Crippen LogP contribution in [0.15, 0.2) is 12.2 Å². The molecule has 2 nitrogen and oxygen atoms in total. The third-order valence-corrected chi connectivity index (χ3v) is 4.26. The molecule has 0 saturated carbocycles. The molecule has 1 saturated heterocycles. The first-order valence-corrected chi connectivity index (χ1v) is 7.20. The summed E-state index contributed by atoms with van der Waals surface area (Å²) in [6.45, 7) is 16.9. The second kappa shape index (κ2) is 6.55. The van der Waals surface area contributed by atoms with Gasteiger partial charge in [0.05, 0.1) is 0 Å². The molecule has 1 rings (SSSR count). The van der Waals surface area contributed by atoms with Crippen molar-refractivity contribution in [3.05, 3.63) is 12.2 Å². The maximum Gasteiger partial charge on any atom is 0.0458 e. The molecule has 100 valence electrons. The smallest absolute Gasteiger partial charge is 0.0458 e. The molecule has 1 N–H and O–H groups in total. The van der Waals surface area contributed by atoms with Gasteiger partial charge in [0, 0.05) is 11.6 Å². The lowest BCUT2D eigenvalue weighted by molar-refractivity contribution is 0.0978. The monoisotopic (exact) mass is 238 g/mol. The maximum atomic E-state index is 4.20. The number of nitrogens with zero attached hydrogens (tertiary/aromatic N) is 1. The average molecular weight is 238 g/mol. The van der Waals surface area contributed by atoms with E-state index in [1.165, 1.54) is 44.3 Å². The Labute approximate surface area is 107 Å². The molecule has 1 aliphatic rings. The van der Waals surface area contributed by atoms with Crippen LogP contribution in [0, 0.1) is 0 Å². The first-order chi connectivity index (χ1) is 8.06. The Morgan fingerprint density at radius 1 is 1.35 bits per heavy atom. The molecule has 2 unspecified atom stereocenters. The molecule has 1 heterocycles. The Hall–Kier alpha value is -0.340. The molecular weight excluding hydrogens is 208 g/mol. The van der Waals surface area contributed by atoms with E-state index in [1.807, 2.05) is 0 Å². The highest BCUT2D eigenvalue weighted by Gasteiger charge is 2.39. The average Bonchev–Trinajstić information content (AvgIpc) is 2.82. The van der Waals surface area contributed by atoms with Gasteiger partial charge in [-0.05, 0) is 59.2 Å². The summed E-state index contributed by atoms with van der Waals surface area (Å²) in [7, 11) is 0. The lowest BCUT2D eigenvalue weighted by atomic mass is 9.83.